The van der Waals surface area contributed by atoms with Gasteiger partial charge in [0.15, 0.2) is 0 Å². The Morgan fingerprint density at radius 3 is 2.85 bits per heavy atom. The number of thiophene rings is 1. The molecular formula is C19H21N5O2S. The molecule has 7 nitrogen and oxygen atoms in total. The van der Waals surface area contributed by atoms with E-state index in [2.05, 4.69) is 20.4 Å². The minimum absolute atomic E-state index is 0.321. The molecule has 3 aromatic rings. The van der Waals surface area contributed by atoms with E-state index in [-0.39, 0.29) is 0 Å². The SMILES string of the molecule is NC(=O)c1cc(N2CCCCC2)ccc1NCc1nc(-c2cccs2)no1. The van der Waals surface area contributed by atoms with Crippen LogP contribution < -0.4 is 16.0 Å². The van der Waals surface area contributed by atoms with E-state index in [0.29, 0.717) is 29.5 Å². The highest BCUT2D eigenvalue weighted by molar-refractivity contribution is 7.13. The van der Waals surface area contributed by atoms with Crippen LogP contribution in [0.25, 0.3) is 10.7 Å². The molecule has 8 heteroatoms. The molecular weight excluding hydrogens is 362 g/mol. The van der Waals surface area contributed by atoms with Crippen LogP contribution in [0.5, 0.6) is 0 Å². The highest BCUT2D eigenvalue weighted by atomic mass is 32.1. The maximum Gasteiger partial charge on any atom is 0.250 e. The molecule has 3 heterocycles. The number of piperidine rings is 1. The minimum Gasteiger partial charge on any atom is -0.375 e. The molecule has 0 atom stereocenters. The molecule has 1 aliphatic rings. The van der Waals surface area contributed by atoms with Gasteiger partial charge in [0.1, 0.15) is 0 Å². The third-order valence-electron chi connectivity index (χ3n) is 4.63. The highest BCUT2D eigenvalue weighted by Gasteiger charge is 2.16. The van der Waals surface area contributed by atoms with E-state index in [0.717, 1.165) is 23.7 Å². The summed E-state index contributed by atoms with van der Waals surface area (Å²) in [7, 11) is 0. The van der Waals surface area contributed by atoms with Crippen molar-refractivity contribution in [2.24, 2.45) is 5.73 Å². The van der Waals surface area contributed by atoms with E-state index in [4.69, 9.17) is 10.3 Å². The van der Waals surface area contributed by atoms with Crippen LogP contribution >= 0.6 is 11.3 Å². The number of hydrogen-bond acceptors (Lipinski definition) is 7. The lowest BCUT2D eigenvalue weighted by Crippen LogP contribution is -2.29. The van der Waals surface area contributed by atoms with Crippen molar-refractivity contribution in [1.82, 2.24) is 10.1 Å². The summed E-state index contributed by atoms with van der Waals surface area (Å²) < 4.78 is 5.29. The van der Waals surface area contributed by atoms with Crippen LogP contribution in [0.4, 0.5) is 11.4 Å². The van der Waals surface area contributed by atoms with Crippen molar-refractivity contribution < 1.29 is 9.32 Å². The van der Waals surface area contributed by atoms with Crippen molar-refractivity contribution in [2.75, 3.05) is 23.3 Å². The van der Waals surface area contributed by atoms with Crippen LogP contribution in [0.3, 0.4) is 0 Å². The molecule has 0 bridgehead atoms. The molecule has 3 N–H and O–H groups in total. The fourth-order valence-corrected chi connectivity index (χ4v) is 3.89. The number of carbonyl (C=O) groups excluding carboxylic acids is 1. The summed E-state index contributed by atoms with van der Waals surface area (Å²) in [6, 6.07) is 9.65. The van der Waals surface area contributed by atoms with Crippen molar-refractivity contribution in [3.05, 3.63) is 47.2 Å². The van der Waals surface area contributed by atoms with E-state index < -0.39 is 5.91 Å². The molecule has 27 heavy (non-hydrogen) atoms. The highest BCUT2D eigenvalue weighted by Crippen LogP contribution is 2.26. The second-order valence-electron chi connectivity index (χ2n) is 6.48. The van der Waals surface area contributed by atoms with E-state index >= 15 is 0 Å². The fourth-order valence-electron chi connectivity index (χ4n) is 3.24. The predicted octanol–water partition coefficient (Wildman–Crippen LogP) is 3.50. The first-order chi connectivity index (χ1) is 13.2. The molecule has 0 aliphatic carbocycles. The molecule has 4 rings (SSSR count). The zero-order valence-electron chi connectivity index (χ0n) is 14.9. The molecule has 1 aliphatic heterocycles. The summed E-state index contributed by atoms with van der Waals surface area (Å²) in [6.45, 7) is 2.35. The van der Waals surface area contributed by atoms with Gasteiger partial charge in [-0.3, -0.25) is 4.79 Å². The number of primary amides is 1. The zero-order valence-corrected chi connectivity index (χ0v) is 15.7. The second-order valence-corrected chi connectivity index (χ2v) is 7.43. The Balaban J connectivity index is 1.49. The third-order valence-corrected chi connectivity index (χ3v) is 5.50. The average molecular weight is 383 g/mol. The lowest BCUT2D eigenvalue weighted by Gasteiger charge is -2.29. The van der Waals surface area contributed by atoms with Gasteiger partial charge in [-0.15, -0.1) is 11.3 Å². The summed E-state index contributed by atoms with van der Waals surface area (Å²) in [5, 5.41) is 9.14. The summed E-state index contributed by atoms with van der Waals surface area (Å²) in [5.74, 6) is 0.562. The van der Waals surface area contributed by atoms with E-state index in [1.165, 1.54) is 19.3 Å². The van der Waals surface area contributed by atoms with Gasteiger partial charge in [-0.25, -0.2) is 0 Å². The summed E-state index contributed by atoms with van der Waals surface area (Å²) in [4.78, 5) is 19.6. The molecule has 1 saturated heterocycles. The summed E-state index contributed by atoms with van der Waals surface area (Å²) >= 11 is 1.55. The molecule has 1 fully saturated rings. The average Bonchev–Trinajstić information content (AvgIpc) is 3.38. The third kappa shape index (κ3) is 3.95. The Labute approximate surface area is 161 Å². The van der Waals surface area contributed by atoms with Crippen LogP contribution in [0.15, 0.2) is 40.2 Å². The fraction of sp³-hybridized carbons (Fsp3) is 0.316. The van der Waals surface area contributed by atoms with Crippen molar-refractivity contribution in [3.8, 4) is 10.7 Å². The number of amides is 1. The van der Waals surface area contributed by atoms with Crippen molar-refractivity contribution in [3.63, 3.8) is 0 Å². The molecule has 0 unspecified atom stereocenters. The van der Waals surface area contributed by atoms with E-state index in [1.54, 1.807) is 11.3 Å². The van der Waals surface area contributed by atoms with Crippen LogP contribution in [0.1, 0.15) is 35.5 Å². The summed E-state index contributed by atoms with van der Waals surface area (Å²) in [6.07, 6.45) is 3.61. The number of nitrogens with two attached hydrogens (primary N) is 1. The van der Waals surface area contributed by atoms with Crippen LogP contribution in [-0.4, -0.2) is 29.1 Å². The lowest BCUT2D eigenvalue weighted by atomic mass is 10.1. The molecule has 140 valence electrons. The van der Waals surface area contributed by atoms with E-state index in [9.17, 15) is 4.79 Å². The lowest BCUT2D eigenvalue weighted by molar-refractivity contribution is 0.100. The van der Waals surface area contributed by atoms with Crippen molar-refractivity contribution in [2.45, 2.75) is 25.8 Å². The molecule has 2 aromatic heterocycles. The van der Waals surface area contributed by atoms with Crippen molar-refractivity contribution in [1.29, 1.82) is 0 Å². The van der Waals surface area contributed by atoms with Gasteiger partial charge in [0.25, 0.3) is 5.91 Å². The smallest absolute Gasteiger partial charge is 0.250 e. The second kappa shape index (κ2) is 7.79. The Kier molecular flexibility index (Phi) is 5.06. The van der Waals surface area contributed by atoms with Crippen LogP contribution in [0.2, 0.25) is 0 Å². The van der Waals surface area contributed by atoms with Gasteiger partial charge in [-0.05, 0) is 48.9 Å². The normalized spacial score (nSPS) is 14.3. The Hall–Kier alpha value is -2.87. The maximum atomic E-state index is 11.9. The first-order valence-electron chi connectivity index (χ1n) is 9.00. The maximum absolute atomic E-state index is 11.9. The van der Waals surface area contributed by atoms with Crippen LogP contribution in [0, 0.1) is 0 Å². The number of carbonyl (C=O) groups is 1. The predicted molar refractivity (Wildman–Crippen MR) is 106 cm³/mol. The van der Waals surface area contributed by atoms with Crippen molar-refractivity contribution >= 4 is 28.6 Å². The first kappa shape index (κ1) is 17.5. The van der Waals surface area contributed by atoms with Crippen LogP contribution in [-0.2, 0) is 6.54 Å². The number of hydrogen-bond donors (Lipinski definition) is 2. The van der Waals surface area contributed by atoms with Gasteiger partial charge in [0.2, 0.25) is 11.7 Å². The molecule has 1 aromatic carbocycles. The number of nitrogens with zero attached hydrogens (tertiary/aromatic N) is 3. The van der Waals surface area contributed by atoms with Gasteiger partial charge in [-0.1, -0.05) is 11.2 Å². The number of anilines is 2. The van der Waals surface area contributed by atoms with E-state index in [1.807, 2.05) is 35.7 Å². The van der Waals surface area contributed by atoms with Gasteiger partial charge < -0.3 is 20.5 Å². The molecule has 0 radical (unpaired) electrons. The van der Waals surface area contributed by atoms with Gasteiger partial charge in [-0.2, -0.15) is 4.98 Å². The van der Waals surface area contributed by atoms with Gasteiger partial charge in [0, 0.05) is 24.5 Å². The van der Waals surface area contributed by atoms with Gasteiger partial charge in [0.05, 0.1) is 17.0 Å². The summed E-state index contributed by atoms with van der Waals surface area (Å²) in [5.41, 5.74) is 7.77. The standard InChI is InChI=1S/C19H21N5O2S/c20-18(25)14-11-13(24-8-2-1-3-9-24)6-7-15(14)21-12-17-22-19(23-26-17)16-5-4-10-27-16/h4-7,10-11,21H,1-3,8-9,12H2,(H2,20,25). The number of benzene rings is 1. The first-order valence-corrected chi connectivity index (χ1v) is 9.88. The Bertz CT molecular complexity index is 916. The molecule has 1 amide bonds. The van der Waals surface area contributed by atoms with Gasteiger partial charge >= 0.3 is 0 Å². The largest absolute Gasteiger partial charge is 0.375 e. The quantitative estimate of drug-likeness (QED) is 0.676. The Morgan fingerprint density at radius 2 is 2.11 bits per heavy atom. The monoisotopic (exact) mass is 383 g/mol. The molecule has 0 saturated carbocycles. The number of nitrogens with one attached hydrogen (secondary N) is 1. The Morgan fingerprint density at radius 1 is 1.26 bits per heavy atom. The zero-order chi connectivity index (χ0) is 18.6. The topological polar surface area (TPSA) is 97.3 Å². The number of rotatable bonds is 6. The molecule has 0 spiro atoms. The number of aromatic nitrogens is 2. The minimum atomic E-state index is -0.457.